The second kappa shape index (κ2) is 5.81. The van der Waals surface area contributed by atoms with Crippen molar-refractivity contribution in [1.82, 2.24) is 4.57 Å². The van der Waals surface area contributed by atoms with E-state index in [2.05, 4.69) is 43.2 Å². The first kappa shape index (κ1) is 14.2. The van der Waals surface area contributed by atoms with Crippen LogP contribution in [0.1, 0.15) is 17.0 Å². The molecule has 3 nitrogen and oxygen atoms in total. The van der Waals surface area contributed by atoms with E-state index >= 15 is 0 Å². The molecule has 0 saturated heterocycles. The lowest BCUT2D eigenvalue weighted by Gasteiger charge is -2.09. The van der Waals surface area contributed by atoms with Crippen LogP contribution in [0.15, 0.2) is 33.2 Å². The lowest BCUT2D eigenvalue weighted by Crippen LogP contribution is -2.02. The van der Waals surface area contributed by atoms with E-state index < -0.39 is 0 Å². The quantitative estimate of drug-likeness (QED) is 0.857. The third-order valence-corrected chi connectivity index (χ3v) is 4.34. The first-order chi connectivity index (χ1) is 9.02. The summed E-state index contributed by atoms with van der Waals surface area (Å²) in [6, 6.07) is 10.1. The molecule has 1 N–H and O–H groups in total. The summed E-state index contributed by atoms with van der Waals surface area (Å²) >= 11 is 6.97. The van der Waals surface area contributed by atoms with Crippen molar-refractivity contribution in [2.24, 2.45) is 7.05 Å². The molecule has 19 heavy (non-hydrogen) atoms. The standard InChI is InChI=1S/C14H13Br2N3/c1-9-10(5-12(7-17)19(9)2)8-18-14-6-11(15)3-4-13(14)16/h3-6,18H,8H2,1-2H3. The molecule has 0 aliphatic rings. The maximum absolute atomic E-state index is 9.02. The number of nitriles is 1. The topological polar surface area (TPSA) is 40.8 Å². The predicted octanol–water partition coefficient (Wildman–Crippen LogP) is 4.34. The van der Waals surface area contributed by atoms with E-state index in [0.717, 1.165) is 25.9 Å². The average molecular weight is 383 g/mol. The second-order valence-electron chi connectivity index (χ2n) is 4.29. The van der Waals surface area contributed by atoms with Gasteiger partial charge in [-0.15, -0.1) is 0 Å². The number of anilines is 1. The lowest BCUT2D eigenvalue weighted by molar-refractivity contribution is 0.856. The molecule has 2 aromatic rings. The first-order valence-corrected chi connectivity index (χ1v) is 7.35. The zero-order chi connectivity index (χ0) is 14.0. The van der Waals surface area contributed by atoms with Crippen LogP contribution in [-0.2, 0) is 13.6 Å². The largest absolute Gasteiger partial charge is 0.380 e. The molecule has 0 aliphatic heterocycles. The fourth-order valence-corrected chi connectivity index (χ4v) is 2.62. The van der Waals surface area contributed by atoms with Crippen LogP contribution in [0.5, 0.6) is 0 Å². The minimum Gasteiger partial charge on any atom is -0.380 e. The summed E-state index contributed by atoms with van der Waals surface area (Å²) in [5, 5.41) is 12.4. The third kappa shape index (κ3) is 3.02. The van der Waals surface area contributed by atoms with E-state index in [0.29, 0.717) is 12.2 Å². The zero-order valence-electron chi connectivity index (χ0n) is 10.7. The van der Waals surface area contributed by atoms with Crippen molar-refractivity contribution in [2.75, 3.05) is 5.32 Å². The lowest BCUT2D eigenvalue weighted by atomic mass is 10.2. The second-order valence-corrected chi connectivity index (χ2v) is 6.06. The van der Waals surface area contributed by atoms with Crippen LogP contribution in [0.4, 0.5) is 5.69 Å². The molecule has 1 aromatic heterocycles. The predicted molar refractivity (Wildman–Crippen MR) is 84.0 cm³/mol. The first-order valence-electron chi connectivity index (χ1n) is 5.77. The van der Waals surface area contributed by atoms with Gasteiger partial charge in [-0.3, -0.25) is 0 Å². The SMILES string of the molecule is Cc1c(CNc2cc(Br)ccc2Br)cc(C#N)n1C. The molecule has 2 rings (SSSR count). The maximum Gasteiger partial charge on any atom is 0.120 e. The minimum atomic E-state index is 0.683. The number of halogens is 2. The van der Waals surface area contributed by atoms with E-state index in [4.69, 9.17) is 5.26 Å². The molecule has 5 heteroatoms. The normalized spacial score (nSPS) is 10.3. The molecule has 0 atom stereocenters. The van der Waals surface area contributed by atoms with Gasteiger partial charge < -0.3 is 9.88 Å². The number of hydrogen-bond acceptors (Lipinski definition) is 2. The number of benzene rings is 1. The third-order valence-electron chi connectivity index (χ3n) is 3.15. The summed E-state index contributed by atoms with van der Waals surface area (Å²) in [5.74, 6) is 0. The molecule has 0 bridgehead atoms. The summed E-state index contributed by atoms with van der Waals surface area (Å²) in [7, 11) is 1.91. The summed E-state index contributed by atoms with van der Waals surface area (Å²) in [4.78, 5) is 0. The van der Waals surface area contributed by atoms with Gasteiger partial charge in [-0.2, -0.15) is 5.26 Å². The molecule has 0 spiro atoms. The fourth-order valence-electron chi connectivity index (χ4n) is 1.87. The Kier molecular flexibility index (Phi) is 4.33. The van der Waals surface area contributed by atoms with Crippen LogP contribution in [0.3, 0.4) is 0 Å². The van der Waals surface area contributed by atoms with Crippen molar-refractivity contribution in [1.29, 1.82) is 5.26 Å². The highest BCUT2D eigenvalue weighted by atomic mass is 79.9. The van der Waals surface area contributed by atoms with Crippen LogP contribution in [0, 0.1) is 18.3 Å². The Bertz CT molecular complexity index is 653. The molecule has 0 amide bonds. The van der Waals surface area contributed by atoms with Gasteiger partial charge in [0.2, 0.25) is 0 Å². The molecular formula is C14H13Br2N3. The number of nitrogens with one attached hydrogen (secondary N) is 1. The number of aromatic nitrogens is 1. The maximum atomic E-state index is 9.02. The van der Waals surface area contributed by atoms with E-state index in [1.165, 1.54) is 0 Å². The Morgan fingerprint density at radius 2 is 2.05 bits per heavy atom. The molecule has 0 aliphatic carbocycles. The molecule has 1 aromatic carbocycles. The van der Waals surface area contributed by atoms with Gasteiger partial charge in [0.05, 0.1) is 0 Å². The highest BCUT2D eigenvalue weighted by Crippen LogP contribution is 2.27. The molecule has 98 valence electrons. The van der Waals surface area contributed by atoms with E-state index in [1.807, 2.05) is 42.8 Å². The zero-order valence-corrected chi connectivity index (χ0v) is 13.8. The molecule has 0 fully saturated rings. The van der Waals surface area contributed by atoms with Crippen LogP contribution >= 0.6 is 31.9 Å². The minimum absolute atomic E-state index is 0.683. The van der Waals surface area contributed by atoms with Crippen molar-refractivity contribution in [2.45, 2.75) is 13.5 Å². The Balaban J connectivity index is 2.19. The molecule has 0 unspecified atom stereocenters. The Morgan fingerprint density at radius 3 is 2.68 bits per heavy atom. The number of rotatable bonds is 3. The highest BCUT2D eigenvalue weighted by Gasteiger charge is 2.09. The number of hydrogen-bond donors (Lipinski definition) is 1. The van der Waals surface area contributed by atoms with Gasteiger partial charge in [-0.25, -0.2) is 0 Å². The molecule has 0 radical (unpaired) electrons. The Morgan fingerprint density at radius 1 is 1.32 bits per heavy atom. The highest BCUT2D eigenvalue weighted by molar-refractivity contribution is 9.11. The summed E-state index contributed by atoms with van der Waals surface area (Å²) in [6.07, 6.45) is 0. The van der Waals surface area contributed by atoms with Crippen molar-refractivity contribution < 1.29 is 0 Å². The molecule has 1 heterocycles. The van der Waals surface area contributed by atoms with E-state index in [1.54, 1.807) is 0 Å². The Hall–Kier alpha value is -1.25. The monoisotopic (exact) mass is 381 g/mol. The van der Waals surface area contributed by atoms with E-state index in [-0.39, 0.29) is 0 Å². The van der Waals surface area contributed by atoms with Gasteiger partial charge >= 0.3 is 0 Å². The number of nitrogens with zero attached hydrogens (tertiary/aromatic N) is 2. The van der Waals surface area contributed by atoms with Crippen LogP contribution < -0.4 is 5.32 Å². The van der Waals surface area contributed by atoms with Gasteiger partial charge in [-0.05, 0) is 52.7 Å². The van der Waals surface area contributed by atoms with Gasteiger partial charge in [0, 0.05) is 33.9 Å². The van der Waals surface area contributed by atoms with Crippen LogP contribution in [-0.4, -0.2) is 4.57 Å². The van der Waals surface area contributed by atoms with Gasteiger partial charge in [0.25, 0.3) is 0 Å². The molecule has 0 saturated carbocycles. The summed E-state index contributed by atoms with van der Waals surface area (Å²) in [6.45, 7) is 2.71. The molecular weight excluding hydrogens is 370 g/mol. The van der Waals surface area contributed by atoms with E-state index in [9.17, 15) is 0 Å². The van der Waals surface area contributed by atoms with Crippen molar-refractivity contribution in [3.63, 3.8) is 0 Å². The Labute approximate surface area is 129 Å². The van der Waals surface area contributed by atoms with Crippen molar-refractivity contribution in [3.05, 3.63) is 50.2 Å². The van der Waals surface area contributed by atoms with Crippen molar-refractivity contribution in [3.8, 4) is 6.07 Å². The smallest absolute Gasteiger partial charge is 0.120 e. The van der Waals surface area contributed by atoms with Crippen molar-refractivity contribution >= 4 is 37.5 Å². The fraction of sp³-hybridized carbons (Fsp3) is 0.214. The summed E-state index contributed by atoms with van der Waals surface area (Å²) in [5.41, 5.74) is 3.94. The van der Waals surface area contributed by atoms with Gasteiger partial charge in [0.15, 0.2) is 0 Å². The van der Waals surface area contributed by atoms with Gasteiger partial charge in [-0.1, -0.05) is 15.9 Å². The van der Waals surface area contributed by atoms with Crippen LogP contribution in [0.25, 0.3) is 0 Å². The average Bonchev–Trinajstić information content (AvgIpc) is 2.67. The summed E-state index contributed by atoms with van der Waals surface area (Å²) < 4.78 is 3.96. The van der Waals surface area contributed by atoms with Gasteiger partial charge in [0.1, 0.15) is 11.8 Å². The van der Waals surface area contributed by atoms with Crippen LogP contribution in [0.2, 0.25) is 0 Å².